The highest BCUT2D eigenvalue weighted by molar-refractivity contribution is 5.76. The van der Waals surface area contributed by atoms with E-state index in [1.165, 1.54) is 12.8 Å². The van der Waals surface area contributed by atoms with Crippen LogP contribution in [0.2, 0.25) is 0 Å². The maximum absolute atomic E-state index is 11.6. The molecule has 1 aliphatic rings. The van der Waals surface area contributed by atoms with Gasteiger partial charge in [-0.15, -0.1) is 0 Å². The Morgan fingerprint density at radius 2 is 2.29 bits per heavy atom. The van der Waals surface area contributed by atoms with Gasteiger partial charge in [-0.25, -0.2) is 0 Å². The molecule has 0 spiro atoms. The number of hydrogen-bond acceptors (Lipinski definition) is 5. The van der Waals surface area contributed by atoms with Crippen LogP contribution in [0.1, 0.15) is 37.1 Å². The first-order valence-electron chi connectivity index (χ1n) is 7.67. The van der Waals surface area contributed by atoms with Gasteiger partial charge in [-0.1, -0.05) is 6.42 Å². The highest BCUT2D eigenvalue weighted by Gasteiger charge is 2.23. The van der Waals surface area contributed by atoms with Gasteiger partial charge in [0.15, 0.2) is 0 Å². The van der Waals surface area contributed by atoms with Crippen molar-refractivity contribution in [2.24, 2.45) is 5.73 Å². The van der Waals surface area contributed by atoms with Gasteiger partial charge in [0.05, 0.1) is 11.4 Å². The van der Waals surface area contributed by atoms with Gasteiger partial charge >= 0.3 is 0 Å². The molecule has 0 saturated carbocycles. The number of carbonyl (C=O) groups is 1. The number of amides is 1. The first kappa shape index (κ1) is 15.9. The third-order valence-electron chi connectivity index (χ3n) is 3.85. The topological polar surface area (TPSA) is 84.1 Å². The summed E-state index contributed by atoms with van der Waals surface area (Å²) in [4.78, 5) is 22.7. The van der Waals surface area contributed by atoms with Crippen molar-refractivity contribution in [2.75, 3.05) is 19.6 Å². The zero-order valence-corrected chi connectivity index (χ0v) is 12.7. The van der Waals surface area contributed by atoms with Gasteiger partial charge in [0.1, 0.15) is 0 Å². The summed E-state index contributed by atoms with van der Waals surface area (Å²) in [5, 5.41) is 2.98. The Labute approximate surface area is 126 Å². The third kappa shape index (κ3) is 5.06. The van der Waals surface area contributed by atoms with E-state index < -0.39 is 0 Å². The summed E-state index contributed by atoms with van der Waals surface area (Å²) in [6.07, 6.45) is 7.57. The van der Waals surface area contributed by atoms with Gasteiger partial charge in [0.2, 0.25) is 5.91 Å². The van der Waals surface area contributed by atoms with Crippen molar-refractivity contribution in [1.29, 1.82) is 0 Å². The van der Waals surface area contributed by atoms with Gasteiger partial charge in [-0.3, -0.25) is 19.7 Å². The Balaban J connectivity index is 1.89. The monoisotopic (exact) mass is 291 g/mol. The lowest BCUT2D eigenvalue weighted by atomic mass is 10.0. The molecule has 2 rings (SSSR count). The van der Waals surface area contributed by atoms with E-state index in [0.29, 0.717) is 25.6 Å². The molecule has 1 unspecified atom stereocenters. The van der Waals surface area contributed by atoms with Gasteiger partial charge in [-0.05, 0) is 26.3 Å². The van der Waals surface area contributed by atoms with E-state index in [0.717, 1.165) is 30.9 Å². The molecular formula is C15H25N5O. The molecule has 21 heavy (non-hydrogen) atoms. The van der Waals surface area contributed by atoms with Crippen LogP contribution < -0.4 is 11.1 Å². The first-order chi connectivity index (χ1) is 10.2. The van der Waals surface area contributed by atoms with Gasteiger partial charge in [0, 0.05) is 44.5 Å². The number of piperidine rings is 1. The molecule has 0 radical (unpaired) electrons. The lowest BCUT2D eigenvalue weighted by Gasteiger charge is -2.35. The third-order valence-corrected chi connectivity index (χ3v) is 3.85. The Kier molecular flexibility index (Phi) is 6.07. The molecule has 6 nitrogen and oxygen atoms in total. The van der Waals surface area contributed by atoms with E-state index in [-0.39, 0.29) is 5.91 Å². The lowest BCUT2D eigenvalue weighted by Crippen LogP contribution is -2.46. The molecule has 1 atom stereocenters. The maximum atomic E-state index is 11.6. The van der Waals surface area contributed by atoms with Gasteiger partial charge in [-0.2, -0.15) is 0 Å². The first-order valence-corrected chi connectivity index (χ1v) is 7.67. The molecule has 0 bridgehead atoms. The summed E-state index contributed by atoms with van der Waals surface area (Å²) < 4.78 is 0. The van der Waals surface area contributed by atoms with Crippen LogP contribution in [0, 0.1) is 6.92 Å². The minimum atomic E-state index is 0.0400. The summed E-state index contributed by atoms with van der Waals surface area (Å²) in [5.74, 6) is 0.0400. The molecule has 1 aromatic heterocycles. The normalized spacial score (nSPS) is 19.4. The molecule has 1 amide bonds. The summed E-state index contributed by atoms with van der Waals surface area (Å²) in [7, 11) is 0. The number of hydrogen-bond donors (Lipinski definition) is 2. The van der Waals surface area contributed by atoms with Crippen LogP contribution in [0.3, 0.4) is 0 Å². The zero-order chi connectivity index (χ0) is 15.1. The second-order valence-electron chi connectivity index (χ2n) is 5.61. The SMILES string of the molecule is Cc1cnc(CN2CCCCC2CNC(=O)CCN)cn1. The number of nitrogens with zero attached hydrogens (tertiary/aromatic N) is 3. The van der Waals surface area contributed by atoms with E-state index in [2.05, 4.69) is 20.2 Å². The fourth-order valence-electron chi connectivity index (χ4n) is 2.66. The van der Waals surface area contributed by atoms with E-state index in [9.17, 15) is 4.79 Å². The van der Waals surface area contributed by atoms with Crippen LogP contribution in [-0.4, -0.2) is 46.5 Å². The summed E-state index contributed by atoms with van der Waals surface area (Å²) in [6, 6.07) is 0.378. The van der Waals surface area contributed by atoms with Crippen molar-refractivity contribution in [1.82, 2.24) is 20.2 Å². The molecule has 0 aromatic carbocycles. The number of rotatable bonds is 6. The number of nitrogens with one attached hydrogen (secondary N) is 1. The quantitative estimate of drug-likeness (QED) is 0.802. The summed E-state index contributed by atoms with van der Waals surface area (Å²) in [5.41, 5.74) is 7.31. The van der Waals surface area contributed by atoms with Crippen LogP contribution in [0.25, 0.3) is 0 Å². The molecule has 1 aliphatic heterocycles. The van der Waals surface area contributed by atoms with Crippen LogP contribution >= 0.6 is 0 Å². The summed E-state index contributed by atoms with van der Waals surface area (Å²) >= 11 is 0. The fourth-order valence-corrected chi connectivity index (χ4v) is 2.66. The Morgan fingerprint density at radius 1 is 1.43 bits per heavy atom. The van der Waals surface area contributed by atoms with E-state index >= 15 is 0 Å². The molecule has 6 heteroatoms. The van der Waals surface area contributed by atoms with Crippen LogP contribution in [0.4, 0.5) is 0 Å². The second kappa shape index (κ2) is 8.05. The molecule has 3 N–H and O–H groups in total. The van der Waals surface area contributed by atoms with E-state index in [1.54, 1.807) is 6.20 Å². The van der Waals surface area contributed by atoms with E-state index in [4.69, 9.17) is 5.73 Å². The summed E-state index contributed by atoms with van der Waals surface area (Å²) in [6.45, 7) is 4.88. The number of nitrogens with two attached hydrogens (primary N) is 1. The largest absolute Gasteiger partial charge is 0.354 e. The fraction of sp³-hybridized carbons (Fsp3) is 0.667. The minimum absolute atomic E-state index is 0.0400. The Morgan fingerprint density at radius 3 is 3.00 bits per heavy atom. The second-order valence-corrected chi connectivity index (χ2v) is 5.61. The Bertz CT molecular complexity index is 448. The standard InChI is InChI=1S/C15H25N5O/c1-12-8-18-13(9-17-12)11-20-7-3-2-4-14(20)10-19-15(21)5-6-16/h8-9,14H,2-7,10-11,16H2,1H3,(H,19,21). The lowest BCUT2D eigenvalue weighted by molar-refractivity contribution is -0.121. The van der Waals surface area contributed by atoms with E-state index in [1.807, 2.05) is 13.1 Å². The van der Waals surface area contributed by atoms with Crippen LogP contribution in [-0.2, 0) is 11.3 Å². The van der Waals surface area contributed by atoms with Crippen molar-refractivity contribution in [3.8, 4) is 0 Å². The van der Waals surface area contributed by atoms with Crippen molar-refractivity contribution in [3.63, 3.8) is 0 Å². The van der Waals surface area contributed by atoms with Crippen molar-refractivity contribution >= 4 is 5.91 Å². The highest BCUT2D eigenvalue weighted by Crippen LogP contribution is 2.18. The smallest absolute Gasteiger partial charge is 0.221 e. The van der Waals surface area contributed by atoms with Gasteiger partial charge < -0.3 is 11.1 Å². The molecule has 1 saturated heterocycles. The molecule has 1 fully saturated rings. The van der Waals surface area contributed by atoms with Crippen LogP contribution in [0.5, 0.6) is 0 Å². The molecule has 1 aromatic rings. The number of aromatic nitrogens is 2. The predicted octanol–water partition coefficient (Wildman–Crippen LogP) is 0.605. The van der Waals surface area contributed by atoms with Gasteiger partial charge in [0.25, 0.3) is 0 Å². The minimum Gasteiger partial charge on any atom is -0.354 e. The van der Waals surface area contributed by atoms with Crippen LogP contribution in [0.15, 0.2) is 12.4 Å². The molecular weight excluding hydrogens is 266 g/mol. The van der Waals surface area contributed by atoms with Crippen molar-refractivity contribution < 1.29 is 4.79 Å². The maximum Gasteiger partial charge on any atom is 0.221 e. The average Bonchev–Trinajstić information content (AvgIpc) is 2.49. The number of likely N-dealkylation sites (tertiary alicyclic amines) is 1. The zero-order valence-electron chi connectivity index (χ0n) is 12.7. The molecule has 116 valence electrons. The number of aryl methyl sites for hydroxylation is 1. The van der Waals surface area contributed by atoms with Crippen molar-refractivity contribution in [2.45, 2.75) is 45.2 Å². The Hall–Kier alpha value is -1.53. The predicted molar refractivity (Wildman–Crippen MR) is 81.5 cm³/mol. The average molecular weight is 291 g/mol. The molecule has 2 heterocycles. The van der Waals surface area contributed by atoms with Crippen molar-refractivity contribution in [3.05, 3.63) is 23.8 Å². The molecule has 0 aliphatic carbocycles. The number of carbonyl (C=O) groups excluding carboxylic acids is 1. The highest BCUT2D eigenvalue weighted by atomic mass is 16.1.